The van der Waals surface area contributed by atoms with Crippen molar-refractivity contribution in [3.63, 3.8) is 0 Å². The maximum atomic E-state index is 13.0. The highest BCUT2D eigenvalue weighted by Crippen LogP contribution is 2.32. The van der Waals surface area contributed by atoms with Crippen molar-refractivity contribution in [1.82, 2.24) is 9.97 Å². The van der Waals surface area contributed by atoms with Crippen LogP contribution in [0.4, 0.5) is 11.7 Å². The number of anilines is 2. The van der Waals surface area contributed by atoms with Gasteiger partial charge in [0.1, 0.15) is 0 Å². The summed E-state index contributed by atoms with van der Waals surface area (Å²) >= 11 is 0. The zero-order valence-electron chi connectivity index (χ0n) is 25.0. The molecular formula is C33H44N4O2Si. The molecule has 0 aliphatic carbocycles. The predicted molar refractivity (Wildman–Crippen MR) is 170 cm³/mol. The molecular weight excluding hydrogens is 512 g/mol. The Kier molecular flexibility index (Phi) is 10.2. The number of fused-ring (bicyclic) bond motifs is 1. The normalized spacial score (nSPS) is 11.8. The fraction of sp³-hybridized carbons (Fsp3) is 0.424. The maximum absolute atomic E-state index is 13.0. The molecule has 1 amide bonds. The Morgan fingerprint density at radius 1 is 0.950 bits per heavy atom. The number of benzene rings is 2. The Bertz CT molecular complexity index is 1370. The summed E-state index contributed by atoms with van der Waals surface area (Å²) in [6.07, 6.45) is 6.01. The van der Waals surface area contributed by atoms with Crippen molar-refractivity contribution in [1.29, 1.82) is 0 Å². The van der Waals surface area contributed by atoms with E-state index < -0.39 is 9.52 Å². The van der Waals surface area contributed by atoms with Gasteiger partial charge in [-0.05, 0) is 72.9 Å². The molecule has 4 aromatic rings. The molecule has 0 saturated carbocycles. The zero-order valence-corrected chi connectivity index (χ0v) is 26.4. The summed E-state index contributed by atoms with van der Waals surface area (Å²) in [6, 6.07) is 17.4. The lowest BCUT2D eigenvalue weighted by atomic mass is 9.92. The summed E-state index contributed by atoms with van der Waals surface area (Å²) in [5.41, 5.74) is 7.53. The largest absolute Gasteiger partial charge is 0.422 e. The molecule has 2 heterocycles. The van der Waals surface area contributed by atoms with Crippen LogP contribution in [-0.2, 0) is 4.79 Å². The van der Waals surface area contributed by atoms with Gasteiger partial charge < -0.3 is 14.6 Å². The van der Waals surface area contributed by atoms with Gasteiger partial charge in [0.05, 0.1) is 9.52 Å². The monoisotopic (exact) mass is 556 g/mol. The SMILES string of the molecule is Cc1cccc([SiH2]CN(CCCCCC(=O)Nc2c(C(C)C)cccc2C(C)C)c2nc3ncccc3o2)c1C. The van der Waals surface area contributed by atoms with E-state index in [4.69, 9.17) is 9.40 Å². The van der Waals surface area contributed by atoms with Crippen LogP contribution in [-0.4, -0.2) is 38.1 Å². The lowest BCUT2D eigenvalue weighted by molar-refractivity contribution is -0.116. The highest BCUT2D eigenvalue weighted by molar-refractivity contribution is 6.54. The van der Waals surface area contributed by atoms with Crippen LogP contribution >= 0.6 is 0 Å². The van der Waals surface area contributed by atoms with Crippen molar-refractivity contribution in [3.8, 4) is 0 Å². The standard InChI is InChI=1S/C33H44N4O2Si/c1-22(2)26-14-11-15-27(23(3)4)31(26)35-30(38)18-8-7-9-20-37(21-40-29-17-10-13-24(5)25(29)6)33-36-32-28(39-33)16-12-19-34-32/h10-17,19,22-23H,7-9,18,20-21,40H2,1-6H3,(H,35,38). The van der Waals surface area contributed by atoms with Gasteiger partial charge in [-0.25, -0.2) is 4.98 Å². The summed E-state index contributed by atoms with van der Waals surface area (Å²) in [4.78, 5) is 24.3. The number of carbonyl (C=O) groups is 1. The first-order valence-electron chi connectivity index (χ1n) is 14.7. The second-order valence-corrected chi connectivity index (χ2v) is 13.1. The number of oxazole rings is 1. The summed E-state index contributed by atoms with van der Waals surface area (Å²) in [7, 11) is -0.555. The molecule has 7 heteroatoms. The number of carbonyl (C=O) groups excluding carboxylic acids is 1. The van der Waals surface area contributed by atoms with E-state index in [1.165, 1.54) is 27.4 Å². The van der Waals surface area contributed by atoms with Crippen molar-refractivity contribution < 1.29 is 9.21 Å². The number of para-hydroxylation sites is 1. The number of hydrogen-bond acceptors (Lipinski definition) is 5. The van der Waals surface area contributed by atoms with E-state index in [-0.39, 0.29) is 5.91 Å². The number of nitrogens with zero attached hydrogens (tertiary/aromatic N) is 3. The van der Waals surface area contributed by atoms with Gasteiger partial charge in [-0.3, -0.25) is 4.79 Å². The van der Waals surface area contributed by atoms with Crippen LogP contribution < -0.4 is 15.4 Å². The number of unbranched alkanes of at least 4 members (excludes halogenated alkanes) is 2. The molecule has 1 N–H and O–H groups in total. The highest BCUT2D eigenvalue weighted by Gasteiger charge is 2.17. The molecule has 212 valence electrons. The van der Waals surface area contributed by atoms with Crippen molar-refractivity contribution in [2.24, 2.45) is 0 Å². The fourth-order valence-corrected chi connectivity index (χ4v) is 7.08. The van der Waals surface area contributed by atoms with Gasteiger partial charge >= 0.3 is 0 Å². The number of pyridine rings is 1. The minimum absolute atomic E-state index is 0.0965. The zero-order chi connectivity index (χ0) is 28.6. The van der Waals surface area contributed by atoms with Gasteiger partial charge in [-0.2, -0.15) is 4.98 Å². The third-order valence-corrected chi connectivity index (χ3v) is 9.83. The lowest BCUT2D eigenvalue weighted by Crippen LogP contribution is -2.35. The Morgan fingerprint density at radius 3 is 2.38 bits per heavy atom. The summed E-state index contributed by atoms with van der Waals surface area (Å²) in [6.45, 7) is 14.0. The second kappa shape index (κ2) is 13.7. The van der Waals surface area contributed by atoms with Crippen LogP contribution in [0.5, 0.6) is 0 Å². The minimum atomic E-state index is -0.555. The van der Waals surface area contributed by atoms with Crippen LogP contribution in [0.15, 0.2) is 59.1 Å². The lowest BCUT2D eigenvalue weighted by Gasteiger charge is -2.21. The Morgan fingerprint density at radius 2 is 1.68 bits per heavy atom. The minimum Gasteiger partial charge on any atom is -0.422 e. The third kappa shape index (κ3) is 7.39. The van der Waals surface area contributed by atoms with Gasteiger partial charge in [-0.1, -0.05) is 75.7 Å². The molecule has 0 unspecified atom stereocenters. The van der Waals surface area contributed by atoms with E-state index in [9.17, 15) is 4.79 Å². The number of amides is 1. The van der Waals surface area contributed by atoms with Gasteiger partial charge in [0.2, 0.25) is 11.6 Å². The Hall–Kier alpha value is -3.45. The fourth-order valence-electron chi connectivity index (χ4n) is 5.20. The van der Waals surface area contributed by atoms with Crippen LogP contribution in [0.2, 0.25) is 0 Å². The van der Waals surface area contributed by atoms with E-state index in [0.29, 0.717) is 29.9 Å². The van der Waals surface area contributed by atoms with E-state index in [0.717, 1.165) is 43.2 Å². The Labute approximate surface area is 241 Å². The van der Waals surface area contributed by atoms with Crippen LogP contribution in [0, 0.1) is 13.8 Å². The van der Waals surface area contributed by atoms with E-state index in [1.807, 2.05) is 12.1 Å². The number of aryl methyl sites for hydroxylation is 1. The topological polar surface area (TPSA) is 71.3 Å². The average molecular weight is 557 g/mol. The average Bonchev–Trinajstić information content (AvgIpc) is 3.36. The molecule has 0 spiro atoms. The number of rotatable bonds is 13. The third-order valence-electron chi connectivity index (χ3n) is 7.76. The van der Waals surface area contributed by atoms with Crippen molar-refractivity contribution in [2.45, 2.75) is 79.1 Å². The van der Waals surface area contributed by atoms with E-state index in [2.05, 4.69) is 93.1 Å². The smallest absolute Gasteiger partial charge is 0.299 e. The van der Waals surface area contributed by atoms with Crippen LogP contribution in [0.3, 0.4) is 0 Å². The first-order chi connectivity index (χ1) is 19.2. The number of aromatic nitrogens is 2. The molecule has 0 aliphatic rings. The van der Waals surface area contributed by atoms with Gasteiger partial charge in [0, 0.05) is 31.0 Å². The predicted octanol–water partition coefficient (Wildman–Crippen LogP) is 6.54. The Balaban J connectivity index is 1.35. The molecule has 2 aromatic carbocycles. The molecule has 0 fully saturated rings. The summed E-state index contributed by atoms with van der Waals surface area (Å²) in [5, 5.41) is 4.74. The first-order valence-corrected chi connectivity index (χ1v) is 16.4. The second-order valence-electron chi connectivity index (χ2n) is 11.4. The number of nitrogens with one attached hydrogen (secondary N) is 1. The van der Waals surface area contributed by atoms with Crippen molar-refractivity contribution in [3.05, 3.63) is 77.0 Å². The molecule has 40 heavy (non-hydrogen) atoms. The van der Waals surface area contributed by atoms with E-state index in [1.54, 1.807) is 6.20 Å². The highest BCUT2D eigenvalue weighted by atomic mass is 28.2. The van der Waals surface area contributed by atoms with Crippen LogP contribution in [0.25, 0.3) is 11.2 Å². The van der Waals surface area contributed by atoms with Crippen molar-refractivity contribution in [2.75, 3.05) is 22.9 Å². The van der Waals surface area contributed by atoms with Crippen LogP contribution in [0.1, 0.15) is 87.5 Å². The van der Waals surface area contributed by atoms with Crippen molar-refractivity contribution >= 4 is 43.5 Å². The first kappa shape index (κ1) is 29.5. The van der Waals surface area contributed by atoms with Gasteiger partial charge in [0.25, 0.3) is 6.01 Å². The maximum Gasteiger partial charge on any atom is 0.299 e. The number of hydrogen-bond donors (Lipinski definition) is 1. The van der Waals surface area contributed by atoms with Gasteiger partial charge in [-0.15, -0.1) is 0 Å². The van der Waals surface area contributed by atoms with E-state index >= 15 is 0 Å². The molecule has 0 aliphatic heterocycles. The van der Waals surface area contributed by atoms with Gasteiger partial charge in [0.15, 0.2) is 5.58 Å². The molecule has 0 radical (unpaired) electrons. The molecule has 0 atom stereocenters. The quantitative estimate of drug-likeness (QED) is 0.149. The molecule has 0 saturated heterocycles. The molecule has 0 bridgehead atoms. The molecule has 6 nitrogen and oxygen atoms in total. The summed E-state index contributed by atoms with van der Waals surface area (Å²) < 4.78 is 6.11. The molecule has 2 aromatic heterocycles. The summed E-state index contributed by atoms with van der Waals surface area (Å²) in [5.74, 6) is 0.808. The molecule has 4 rings (SSSR count).